The second kappa shape index (κ2) is 4.75. The highest BCUT2D eigenvalue weighted by Gasteiger charge is 2.11. The molecule has 0 amide bonds. The third kappa shape index (κ3) is 2.27. The van der Waals surface area contributed by atoms with Crippen LogP contribution in [0.15, 0.2) is 23.6 Å². The van der Waals surface area contributed by atoms with Gasteiger partial charge in [0.2, 0.25) is 0 Å². The Morgan fingerprint density at radius 1 is 1.21 bits per heavy atom. The average molecular weight is 292 g/mol. The zero-order chi connectivity index (χ0) is 13.4. The van der Waals surface area contributed by atoms with Gasteiger partial charge < -0.3 is 4.74 Å². The highest BCUT2D eigenvalue weighted by molar-refractivity contribution is 7.09. The molecule has 2 heterocycles. The number of nitrogens with zero attached hydrogens (tertiary/aromatic N) is 3. The van der Waals surface area contributed by atoms with Crippen LogP contribution in [0.4, 0.5) is 0 Å². The molecule has 0 spiro atoms. The average Bonchev–Trinajstić information content (AvgIpc) is 2.85. The van der Waals surface area contributed by atoms with E-state index in [4.69, 9.17) is 16.3 Å². The maximum absolute atomic E-state index is 6.22. The second-order valence-corrected chi connectivity index (χ2v) is 5.39. The molecule has 0 fully saturated rings. The monoisotopic (exact) mass is 291 g/mol. The molecule has 1 aromatic carbocycles. The quantitative estimate of drug-likeness (QED) is 0.675. The third-order valence-electron chi connectivity index (χ3n) is 2.70. The Bertz CT molecular complexity index is 757. The number of benzene rings is 1. The van der Waals surface area contributed by atoms with E-state index in [2.05, 4.69) is 15.0 Å². The van der Waals surface area contributed by atoms with Gasteiger partial charge in [-0.25, -0.2) is 15.0 Å². The Hall–Kier alpha value is -1.72. The smallest absolute Gasteiger partial charge is 0.181 e. The van der Waals surface area contributed by atoms with E-state index in [0.29, 0.717) is 11.0 Å². The van der Waals surface area contributed by atoms with Gasteiger partial charge in [-0.05, 0) is 25.1 Å². The van der Waals surface area contributed by atoms with Gasteiger partial charge in [0.25, 0.3) is 0 Å². The van der Waals surface area contributed by atoms with Crippen LogP contribution in [-0.2, 0) is 0 Å². The maximum atomic E-state index is 6.22. The van der Waals surface area contributed by atoms with Crippen molar-refractivity contribution in [2.75, 3.05) is 7.11 Å². The third-order valence-corrected chi connectivity index (χ3v) is 3.77. The van der Waals surface area contributed by atoms with Gasteiger partial charge in [-0.15, -0.1) is 11.3 Å². The van der Waals surface area contributed by atoms with Crippen LogP contribution in [0.5, 0.6) is 5.75 Å². The van der Waals surface area contributed by atoms with Crippen LogP contribution in [-0.4, -0.2) is 22.1 Å². The van der Waals surface area contributed by atoms with Gasteiger partial charge in [0.1, 0.15) is 16.6 Å². The van der Waals surface area contributed by atoms with Gasteiger partial charge in [0.05, 0.1) is 17.6 Å². The molecule has 0 unspecified atom stereocenters. The van der Waals surface area contributed by atoms with Gasteiger partial charge >= 0.3 is 0 Å². The SMILES string of the molecule is COc1ccc2nc(-c3csc(C)n3)nc(Cl)c2c1. The maximum Gasteiger partial charge on any atom is 0.181 e. The van der Waals surface area contributed by atoms with E-state index in [1.54, 1.807) is 18.4 Å². The molecule has 3 aromatic rings. The minimum atomic E-state index is 0.407. The number of hydrogen-bond donors (Lipinski definition) is 0. The summed E-state index contributed by atoms with van der Waals surface area (Å²) in [7, 11) is 1.61. The molecule has 0 saturated carbocycles. The highest BCUT2D eigenvalue weighted by atomic mass is 35.5. The lowest BCUT2D eigenvalue weighted by Crippen LogP contribution is -1.93. The first kappa shape index (κ1) is 12.3. The van der Waals surface area contributed by atoms with Gasteiger partial charge in [0.15, 0.2) is 5.82 Å². The summed E-state index contributed by atoms with van der Waals surface area (Å²) in [5.41, 5.74) is 1.53. The fourth-order valence-electron chi connectivity index (χ4n) is 1.78. The minimum absolute atomic E-state index is 0.407. The number of aryl methyl sites for hydroxylation is 1. The van der Waals surface area contributed by atoms with E-state index in [-0.39, 0.29) is 0 Å². The predicted octanol–water partition coefficient (Wildman–Crippen LogP) is 3.72. The first-order chi connectivity index (χ1) is 9.17. The highest BCUT2D eigenvalue weighted by Crippen LogP contribution is 2.28. The molecule has 0 bridgehead atoms. The van der Waals surface area contributed by atoms with E-state index in [1.807, 2.05) is 30.5 Å². The number of rotatable bonds is 2. The van der Waals surface area contributed by atoms with Crippen LogP contribution < -0.4 is 4.74 Å². The molecule has 0 radical (unpaired) electrons. The van der Waals surface area contributed by atoms with Crippen LogP contribution in [0.1, 0.15) is 5.01 Å². The molecule has 6 heteroatoms. The van der Waals surface area contributed by atoms with Crippen molar-refractivity contribution < 1.29 is 4.74 Å². The van der Waals surface area contributed by atoms with Gasteiger partial charge in [-0.2, -0.15) is 0 Å². The number of hydrogen-bond acceptors (Lipinski definition) is 5. The van der Waals surface area contributed by atoms with Crippen molar-refractivity contribution in [1.29, 1.82) is 0 Å². The first-order valence-electron chi connectivity index (χ1n) is 5.61. The van der Waals surface area contributed by atoms with Crippen molar-refractivity contribution in [3.63, 3.8) is 0 Å². The van der Waals surface area contributed by atoms with Crippen LogP contribution in [0, 0.1) is 6.92 Å². The standard InChI is InChI=1S/C13H10ClN3OS/c1-7-15-11(6-19-7)13-16-10-4-3-8(18-2)5-9(10)12(14)17-13/h3-6H,1-2H3. The summed E-state index contributed by atoms with van der Waals surface area (Å²) in [4.78, 5) is 13.2. The van der Waals surface area contributed by atoms with Crippen LogP contribution in [0.2, 0.25) is 5.15 Å². The van der Waals surface area contributed by atoms with Gasteiger partial charge in [-0.3, -0.25) is 0 Å². The normalized spacial score (nSPS) is 10.9. The summed E-state index contributed by atoms with van der Waals surface area (Å²) >= 11 is 7.78. The molecule has 96 valence electrons. The molecule has 0 aliphatic heterocycles. The zero-order valence-electron chi connectivity index (χ0n) is 10.3. The van der Waals surface area contributed by atoms with E-state index in [1.165, 1.54) is 0 Å². The molecule has 19 heavy (non-hydrogen) atoms. The Labute approximate surface area is 119 Å². The lowest BCUT2D eigenvalue weighted by atomic mass is 10.2. The van der Waals surface area contributed by atoms with E-state index >= 15 is 0 Å². The van der Waals surface area contributed by atoms with Crippen molar-refractivity contribution in [3.8, 4) is 17.3 Å². The summed E-state index contributed by atoms with van der Waals surface area (Å²) < 4.78 is 5.17. The summed E-state index contributed by atoms with van der Waals surface area (Å²) in [5.74, 6) is 1.28. The van der Waals surface area contributed by atoms with Crippen molar-refractivity contribution in [1.82, 2.24) is 15.0 Å². The van der Waals surface area contributed by atoms with Crippen molar-refractivity contribution >= 4 is 33.8 Å². The lowest BCUT2D eigenvalue weighted by Gasteiger charge is -2.05. The van der Waals surface area contributed by atoms with Crippen LogP contribution in [0.25, 0.3) is 22.4 Å². The van der Waals surface area contributed by atoms with E-state index in [9.17, 15) is 0 Å². The Balaban J connectivity index is 2.19. The fourth-order valence-corrected chi connectivity index (χ4v) is 2.60. The van der Waals surface area contributed by atoms with Crippen molar-refractivity contribution in [2.45, 2.75) is 6.92 Å². The number of methoxy groups -OCH3 is 1. The number of halogens is 1. The number of ether oxygens (including phenoxy) is 1. The van der Waals surface area contributed by atoms with E-state index < -0.39 is 0 Å². The molecule has 0 N–H and O–H groups in total. The second-order valence-electron chi connectivity index (χ2n) is 3.97. The van der Waals surface area contributed by atoms with Gasteiger partial charge in [0, 0.05) is 10.8 Å². The summed E-state index contributed by atoms with van der Waals surface area (Å²) in [6, 6.07) is 5.54. The minimum Gasteiger partial charge on any atom is -0.497 e. The van der Waals surface area contributed by atoms with Gasteiger partial charge in [-0.1, -0.05) is 11.6 Å². The summed E-state index contributed by atoms with van der Waals surface area (Å²) in [5, 5.41) is 4.09. The molecule has 2 aromatic heterocycles. The van der Waals surface area contributed by atoms with E-state index in [0.717, 1.165) is 27.4 Å². The Morgan fingerprint density at radius 3 is 2.74 bits per heavy atom. The molecule has 0 saturated heterocycles. The predicted molar refractivity (Wildman–Crippen MR) is 76.9 cm³/mol. The molecule has 3 rings (SSSR count). The molecule has 4 nitrogen and oxygen atoms in total. The largest absolute Gasteiger partial charge is 0.497 e. The topological polar surface area (TPSA) is 47.9 Å². The molecular formula is C13H10ClN3OS. The van der Waals surface area contributed by atoms with Crippen LogP contribution >= 0.6 is 22.9 Å². The zero-order valence-corrected chi connectivity index (χ0v) is 11.9. The first-order valence-corrected chi connectivity index (χ1v) is 6.87. The Kier molecular flexibility index (Phi) is 3.08. The molecule has 0 atom stereocenters. The summed E-state index contributed by atoms with van der Waals surface area (Å²) in [6.45, 7) is 1.95. The number of aromatic nitrogens is 3. The Morgan fingerprint density at radius 2 is 2.05 bits per heavy atom. The molecule has 0 aliphatic carbocycles. The number of thiazole rings is 1. The molecular weight excluding hydrogens is 282 g/mol. The van der Waals surface area contributed by atoms with Crippen molar-refractivity contribution in [3.05, 3.63) is 33.7 Å². The van der Waals surface area contributed by atoms with Crippen LogP contribution in [0.3, 0.4) is 0 Å². The lowest BCUT2D eigenvalue weighted by molar-refractivity contribution is 0.415. The van der Waals surface area contributed by atoms with Crippen molar-refractivity contribution in [2.24, 2.45) is 0 Å². The molecule has 0 aliphatic rings. The fraction of sp³-hybridized carbons (Fsp3) is 0.154. The summed E-state index contributed by atoms with van der Waals surface area (Å²) in [6.07, 6.45) is 0. The number of fused-ring (bicyclic) bond motifs is 1.